The minimum Gasteiger partial charge on any atom is -0.372 e. The van der Waals surface area contributed by atoms with Crippen molar-refractivity contribution < 1.29 is 9.53 Å². The fourth-order valence-corrected chi connectivity index (χ4v) is 4.29. The second-order valence-electron chi connectivity index (χ2n) is 6.59. The highest BCUT2D eigenvalue weighted by Crippen LogP contribution is 2.46. The molecule has 0 bridgehead atoms. The lowest BCUT2D eigenvalue weighted by atomic mass is 9.89. The number of ether oxygens (including phenoxy) is 1. The highest BCUT2D eigenvalue weighted by Gasteiger charge is 2.50. The highest BCUT2D eigenvalue weighted by atomic mass is 16.5. The number of carbonyl (C=O) groups is 1. The molecule has 0 aromatic carbocycles. The number of amides is 1. The molecular formula is C19H24N4O2. The van der Waals surface area contributed by atoms with Gasteiger partial charge in [-0.15, -0.1) is 0 Å². The molecule has 1 spiro atoms. The Morgan fingerprint density at radius 3 is 3.00 bits per heavy atom. The number of hydrogen-bond acceptors (Lipinski definition) is 4. The van der Waals surface area contributed by atoms with Crippen molar-refractivity contribution in [2.75, 3.05) is 37.7 Å². The molecule has 1 unspecified atom stereocenters. The molecule has 0 saturated carbocycles. The number of fused-ring (bicyclic) bond motifs is 4. The van der Waals surface area contributed by atoms with E-state index in [0.29, 0.717) is 13.2 Å². The van der Waals surface area contributed by atoms with Gasteiger partial charge in [0.1, 0.15) is 6.61 Å². The Bertz CT molecular complexity index is 787. The maximum atomic E-state index is 12.5. The van der Waals surface area contributed by atoms with Crippen LogP contribution in [0, 0.1) is 0 Å². The molecule has 2 aliphatic heterocycles. The van der Waals surface area contributed by atoms with Crippen molar-refractivity contribution in [2.24, 2.45) is 0 Å². The second-order valence-corrected chi connectivity index (χ2v) is 6.59. The van der Waals surface area contributed by atoms with Gasteiger partial charge >= 0.3 is 0 Å². The van der Waals surface area contributed by atoms with E-state index in [1.54, 1.807) is 0 Å². The number of rotatable bonds is 4. The van der Waals surface area contributed by atoms with Gasteiger partial charge in [0.05, 0.1) is 16.9 Å². The van der Waals surface area contributed by atoms with Crippen LogP contribution in [-0.2, 0) is 15.1 Å². The highest BCUT2D eigenvalue weighted by molar-refractivity contribution is 5.78. The molecule has 4 heterocycles. The van der Waals surface area contributed by atoms with E-state index in [2.05, 4.69) is 45.8 Å². The molecule has 4 rings (SSSR count). The maximum absolute atomic E-state index is 12.5. The van der Waals surface area contributed by atoms with E-state index in [0.717, 1.165) is 31.0 Å². The number of carbonyl (C=O) groups excluding carboxylic acids is 1. The van der Waals surface area contributed by atoms with Crippen molar-refractivity contribution in [2.45, 2.75) is 25.8 Å². The van der Waals surface area contributed by atoms with Gasteiger partial charge in [0.15, 0.2) is 5.82 Å². The van der Waals surface area contributed by atoms with Gasteiger partial charge in [-0.25, -0.2) is 4.98 Å². The lowest BCUT2D eigenvalue weighted by molar-refractivity contribution is -0.135. The van der Waals surface area contributed by atoms with Crippen LogP contribution in [0.4, 0.5) is 5.69 Å². The Balaban J connectivity index is 1.74. The van der Waals surface area contributed by atoms with Crippen molar-refractivity contribution in [3.05, 3.63) is 42.4 Å². The van der Waals surface area contributed by atoms with E-state index in [-0.39, 0.29) is 18.1 Å². The molecule has 6 heteroatoms. The SMILES string of the molecule is CCOCC(=O)N1CCC2(C1)c1cccn1-c1ncccc1N2CC. The van der Waals surface area contributed by atoms with Crippen LogP contribution < -0.4 is 4.90 Å². The van der Waals surface area contributed by atoms with E-state index in [1.807, 2.05) is 24.1 Å². The summed E-state index contributed by atoms with van der Waals surface area (Å²) in [5, 5.41) is 0. The summed E-state index contributed by atoms with van der Waals surface area (Å²) in [6.07, 6.45) is 4.82. The van der Waals surface area contributed by atoms with Crippen molar-refractivity contribution in [1.29, 1.82) is 0 Å². The van der Waals surface area contributed by atoms with E-state index in [9.17, 15) is 4.79 Å². The van der Waals surface area contributed by atoms with Gasteiger partial charge in [0.25, 0.3) is 0 Å². The lowest BCUT2D eigenvalue weighted by Crippen LogP contribution is -2.52. The summed E-state index contributed by atoms with van der Waals surface area (Å²) in [6.45, 7) is 7.12. The number of anilines is 1. The van der Waals surface area contributed by atoms with Crippen LogP contribution in [0.2, 0.25) is 0 Å². The topological polar surface area (TPSA) is 50.6 Å². The number of likely N-dealkylation sites (N-methyl/N-ethyl adjacent to an activating group) is 1. The smallest absolute Gasteiger partial charge is 0.248 e. The predicted molar refractivity (Wildman–Crippen MR) is 96.0 cm³/mol. The molecule has 132 valence electrons. The van der Waals surface area contributed by atoms with Crippen molar-refractivity contribution in [1.82, 2.24) is 14.5 Å². The van der Waals surface area contributed by atoms with Crippen LogP contribution in [0.25, 0.3) is 5.82 Å². The molecular weight excluding hydrogens is 316 g/mol. The molecule has 1 amide bonds. The zero-order valence-electron chi connectivity index (χ0n) is 14.8. The Labute approximate surface area is 148 Å². The monoisotopic (exact) mass is 340 g/mol. The lowest BCUT2D eigenvalue weighted by Gasteiger charge is -2.46. The van der Waals surface area contributed by atoms with Crippen molar-refractivity contribution in [3.63, 3.8) is 0 Å². The summed E-state index contributed by atoms with van der Waals surface area (Å²) in [5.74, 6) is 1.04. The first-order valence-corrected chi connectivity index (χ1v) is 8.97. The van der Waals surface area contributed by atoms with Crippen LogP contribution >= 0.6 is 0 Å². The summed E-state index contributed by atoms with van der Waals surface area (Å²) < 4.78 is 7.51. The van der Waals surface area contributed by atoms with Crippen LogP contribution in [0.5, 0.6) is 0 Å². The van der Waals surface area contributed by atoms with Gasteiger partial charge in [-0.2, -0.15) is 0 Å². The van der Waals surface area contributed by atoms with Gasteiger partial charge < -0.3 is 19.1 Å². The first-order chi connectivity index (χ1) is 12.2. The van der Waals surface area contributed by atoms with Crippen LogP contribution in [0.15, 0.2) is 36.7 Å². The zero-order chi connectivity index (χ0) is 17.4. The first kappa shape index (κ1) is 16.1. The molecule has 6 nitrogen and oxygen atoms in total. The third-order valence-electron chi connectivity index (χ3n) is 5.37. The van der Waals surface area contributed by atoms with E-state index in [1.165, 1.54) is 5.69 Å². The quantitative estimate of drug-likeness (QED) is 0.856. The largest absolute Gasteiger partial charge is 0.372 e. The summed E-state index contributed by atoms with van der Waals surface area (Å²) in [4.78, 5) is 21.4. The average Bonchev–Trinajstić information content (AvgIpc) is 3.29. The third kappa shape index (κ3) is 2.35. The van der Waals surface area contributed by atoms with Crippen molar-refractivity contribution in [3.8, 4) is 5.82 Å². The Hall–Kier alpha value is -2.34. The number of aromatic nitrogens is 2. The first-order valence-electron chi connectivity index (χ1n) is 8.97. The molecule has 1 fully saturated rings. The molecule has 0 radical (unpaired) electrons. The van der Waals surface area contributed by atoms with Gasteiger partial charge in [0.2, 0.25) is 5.91 Å². The minimum atomic E-state index is -0.198. The summed E-state index contributed by atoms with van der Waals surface area (Å²) in [6, 6.07) is 8.34. The molecule has 0 aliphatic carbocycles. The van der Waals surface area contributed by atoms with Crippen molar-refractivity contribution >= 4 is 11.6 Å². The Morgan fingerprint density at radius 2 is 2.20 bits per heavy atom. The summed E-state index contributed by atoms with van der Waals surface area (Å²) in [5.41, 5.74) is 2.15. The number of nitrogens with zero attached hydrogens (tertiary/aromatic N) is 4. The Morgan fingerprint density at radius 1 is 1.32 bits per heavy atom. The van der Waals surface area contributed by atoms with Gasteiger partial charge in [0, 0.05) is 38.6 Å². The average molecular weight is 340 g/mol. The van der Waals surface area contributed by atoms with E-state index in [4.69, 9.17) is 4.74 Å². The molecule has 2 aliphatic rings. The molecule has 2 aromatic rings. The molecule has 2 aromatic heterocycles. The van der Waals surface area contributed by atoms with Gasteiger partial charge in [-0.1, -0.05) is 0 Å². The zero-order valence-corrected chi connectivity index (χ0v) is 14.8. The van der Waals surface area contributed by atoms with E-state index < -0.39 is 0 Å². The molecule has 0 N–H and O–H groups in total. The fraction of sp³-hybridized carbons (Fsp3) is 0.474. The van der Waals surface area contributed by atoms with Crippen LogP contribution in [0.3, 0.4) is 0 Å². The maximum Gasteiger partial charge on any atom is 0.248 e. The standard InChI is InChI=1S/C19H24N4O2/c1-3-23-15-7-5-10-20-18(15)22-11-6-8-16(22)19(23)9-12-21(14-19)17(24)13-25-4-2/h5-8,10-11H,3-4,9,12-14H2,1-2H3. The number of hydrogen-bond donors (Lipinski definition) is 0. The summed E-state index contributed by atoms with van der Waals surface area (Å²) in [7, 11) is 0. The Kier molecular flexibility index (Phi) is 4.00. The minimum absolute atomic E-state index is 0.0740. The molecule has 25 heavy (non-hydrogen) atoms. The number of likely N-dealkylation sites (tertiary alicyclic amines) is 1. The third-order valence-corrected chi connectivity index (χ3v) is 5.37. The van der Waals surface area contributed by atoms with Crippen LogP contribution in [-0.4, -0.2) is 53.2 Å². The molecule has 1 atom stereocenters. The fourth-order valence-electron chi connectivity index (χ4n) is 4.29. The van der Waals surface area contributed by atoms with Crippen LogP contribution in [0.1, 0.15) is 26.0 Å². The normalized spacial score (nSPS) is 21.5. The predicted octanol–water partition coefficient (Wildman–Crippen LogP) is 2.18. The molecule has 1 saturated heterocycles. The van der Waals surface area contributed by atoms with Gasteiger partial charge in [-0.3, -0.25) is 4.79 Å². The number of pyridine rings is 1. The second kappa shape index (κ2) is 6.19. The summed E-state index contributed by atoms with van der Waals surface area (Å²) >= 11 is 0. The van der Waals surface area contributed by atoms with E-state index >= 15 is 0 Å². The van der Waals surface area contributed by atoms with Gasteiger partial charge in [-0.05, 0) is 44.5 Å².